The Balaban J connectivity index is 1.58. The van der Waals surface area contributed by atoms with E-state index >= 15 is 4.39 Å². The van der Waals surface area contributed by atoms with E-state index in [4.69, 9.17) is 4.74 Å². The predicted octanol–water partition coefficient (Wildman–Crippen LogP) is 7.38. The van der Waals surface area contributed by atoms with Crippen LogP contribution in [0.1, 0.15) is 39.2 Å². The van der Waals surface area contributed by atoms with Crippen molar-refractivity contribution in [1.29, 1.82) is 0 Å². The molecular weight excluding hydrogens is 481 g/mol. The molecule has 5 rings (SSSR count). The zero-order valence-electron chi connectivity index (χ0n) is 21.9. The molecule has 1 atom stereocenters. The fourth-order valence-corrected chi connectivity index (χ4v) is 5.58. The Morgan fingerprint density at radius 2 is 1.66 bits per heavy atom. The first-order valence-electron chi connectivity index (χ1n) is 12.8. The van der Waals surface area contributed by atoms with E-state index in [0.29, 0.717) is 30.8 Å². The summed E-state index contributed by atoms with van der Waals surface area (Å²) in [5.74, 6) is -0.346. The highest BCUT2D eigenvalue weighted by molar-refractivity contribution is 5.68. The van der Waals surface area contributed by atoms with Crippen LogP contribution in [0.4, 0.5) is 9.18 Å². The lowest BCUT2D eigenvalue weighted by Gasteiger charge is -2.46. The molecule has 1 fully saturated rings. The van der Waals surface area contributed by atoms with Gasteiger partial charge in [-0.1, -0.05) is 75.4 Å². The maximum absolute atomic E-state index is 15.2. The second-order valence-corrected chi connectivity index (χ2v) is 10.8. The summed E-state index contributed by atoms with van der Waals surface area (Å²) in [5, 5.41) is 14.3. The van der Waals surface area contributed by atoms with Crippen molar-refractivity contribution in [1.82, 2.24) is 14.7 Å². The molecule has 4 aromatic rings. The molecule has 196 valence electrons. The molecule has 0 aliphatic carbocycles. The molecule has 0 amide bonds. The molecule has 1 saturated heterocycles. The molecule has 1 N–H and O–H groups in total. The molecule has 6 nitrogen and oxygen atoms in total. The van der Waals surface area contributed by atoms with E-state index in [-0.39, 0.29) is 5.82 Å². The SMILES string of the molecule is CC(C)(C)C1(OC(=O)O)CCCN1Cc1cnn(-c2ccc(-c3ccccc3)cc2)c1-c1ccccc1F. The Hall–Kier alpha value is -3.97. The third-order valence-corrected chi connectivity index (χ3v) is 7.44. The molecule has 1 aromatic heterocycles. The number of hydrogen-bond donors (Lipinski definition) is 1. The fraction of sp³-hybridized carbons (Fsp3) is 0.290. The number of carboxylic acid groups (broad SMARTS) is 1. The number of likely N-dealkylation sites (tertiary alicyclic amines) is 1. The van der Waals surface area contributed by atoms with Gasteiger partial charge in [0.1, 0.15) is 5.82 Å². The molecule has 2 heterocycles. The van der Waals surface area contributed by atoms with Crippen molar-refractivity contribution in [3.8, 4) is 28.1 Å². The van der Waals surface area contributed by atoms with Crippen molar-refractivity contribution < 1.29 is 19.0 Å². The standard InChI is InChI=1S/C31H32FN3O3/c1-30(2,3)31(38-29(36)37)18-9-19-34(31)21-24-20-33-35(28(24)26-12-7-8-13-27(26)32)25-16-14-23(15-17-25)22-10-5-4-6-11-22/h4-8,10-17,20H,9,18-19,21H2,1-3H3,(H,36,37). The summed E-state index contributed by atoms with van der Waals surface area (Å²) in [6, 6.07) is 24.8. The van der Waals surface area contributed by atoms with Crippen LogP contribution in [0.5, 0.6) is 0 Å². The fourth-order valence-electron chi connectivity index (χ4n) is 5.58. The number of aromatic nitrogens is 2. The Morgan fingerprint density at radius 3 is 2.32 bits per heavy atom. The van der Waals surface area contributed by atoms with Crippen molar-refractivity contribution in [3.63, 3.8) is 0 Å². The van der Waals surface area contributed by atoms with Crippen LogP contribution in [0.15, 0.2) is 85.1 Å². The minimum Gasteiger partial charge on any atom is -0.450 e. The van der Waals surface area contributed by atoms with Crippen molar-refractivity contribution in [2.45, 2.75) is 45.9 Å². The zero-order chi connectivity index (χ0) is 26.9. The van der Waals surface area contributed by atoms with Crippen LogP contribution in [-0.4, -0.2) is 38.2 Å². The number of hydrogen-bond acceptors (Lipinski definition) is 4. The third kappa shape index (κ3) is 4.70. The van der Waals surface area contributed by atoms with E-state index in [1.807, 2.05) is 63.2 Å². The van der Waals surface area contributed by atoms with E-state index in [1.54, 1.807) is 29.1 Å². The molecular formula is C31H32FN3O3. The normalized spacial score (nSPS) is 18.0. The smallest absolute Gasteiger partial charge is 0.450 e. The Morgan fingerprint density at radius 1 is 1.00 bits per heavy atom. The van der Waals surface area contributed by atoms with Gasteiger partial charge in [0.05, 0.1) is 17.6 Å². The van der Waals surface area contributed by atoms with Gasteiger partial charge in [-0.3, -0.25) is 4.90 Å². The molecule has 3 aromatic carbocycles. The first-order valence-corrected chi connectivity index (χ1v) is 12.8. The second-order valence-electron chi connectivity index (χ2n) is 10.8. The van der Waals surface area contributed by atoms with Gasteiger partial charge >= 0.3 is 6.16 Å². The van der Waals surface area contributed by atoms with Gasteiger partial charge in [-0.2, -0.15) is 5.10 Å². The molecule has 1 aliphatic rings. The van der Waals surface area contributed by atoms with Gasteiger partial charge < -0.3 is 9.84 Å². The lowest BCUT2D eigenvalue weighted by atomic mass is 9.80. The lowest BCUT2D eigenvalue weighted by molar-refractivity contribution is -0.171. The number of rotatable bonds is 6. The predicted molar refractivity (Wildman–Crippen MR) is 145 cm³/mol. The Bertz CT molecular complexity index is 1430. The zero-order valence-corrected chi connectivity index (χ0v) is 21.9. The largest absolute Gasteiger partial charge is 0.507 e. The minimum absolute atomic E-state index is 0.346. The van der Waals surface area contributed by atoms with Crippen LogP contribution in [0, 0.1) is 11.2 Å². The van der Waals surface area contributed by atoms with Crippen molar-refractivity contribution in [2.24, 2.45) is 5.41 Å². The lowest BCUT2D eigenvalue weighted by Crippen LogP contribution is -2.55. The maximum atomic E-state index is 15.2. The summed E-state index contributed by atoms with van der Waals surface area (Å²) in [6.45, 7) is 7.01. The van der Waals surface area contributed by atoms with Gasteiger partial charge in [-0.25, -0.2) is 13.9 Å². The molecule has 0 saturated carbocycles. The van der Waals surface area contributed by atoms with Crippen molar-refractivity contribution in [3.05, 3.63) is 96.4 Å². The van der Waals surface area contributed by atoms with E-state index in [2.05, 4.69) is 22.1 Å². The number of halogens is 1. The summed E-state index contributed by atoms with van der Waals surface area (Å²) in [7, 11) is 0. The minimum atomic E-state index is -1.30. The van der Waals surface area contributed by atoms with E-state index in [0.717, 1.165) is 28.8 Å². The van der Waals surface area contributed by atoms with Gasteiger partial charge in [-0.15, -0.1) is 0 Å². The number of carbonyl (C=O) groups is 1. The molecule has 38 heavy (non-hydrogen) atoms. The van der Waals surface area contributed by atoms with Crippen molar-refractivity contribution in [2.75, 3.05) is 6.54 Å². The van der Waals surface area contributed by atoms with Gasteiger partial charge in [0.2, 0.25) is 0 Å². The first-order chi connectivity index (χ1) is 18.2. The molecule has 0 spiro atoms. The number of benzene rings is 3. The van der Waals surface area contributed by atoms with Crippen LogP contribution >= 0.6 is 0 Å². The van der Waals surface area contributed by atoms with Gasteiger partial charge in [-0.05, 0) is 41.8 Å². The van der Waals surface area contributed by atoms with Crippen LogP contribution in [0.25, 0.3) is 28.1 Å². The van der Waals surface area contributed by atoms with Gasteiger partial charge in [0.25, 0.3) is 0 Å². The van der Waals surface area contributed by atoms with Crippen LogP contribution in [0.3, 0.4) is 0 Å². The summed E-state index contributed by atoms with van der Waals surface area (Å²) in [6.07, 6.45) is 1.84. The number of ether oxygens (including phenoxy) is 1. The Labute approximate surface area is 222 Å². The quantitative estimate of drug-likeness (QED) is 0.273. The highest BCUT2D eigenvalue weighted by atomic mass is 19.1. The average Bonchev–Trinajstić information content (AvgIpc) is 3.49. The second kappa shape index (κ2) is 10.1. The highest BCUT2D eigenvalue weighted by Crippen LogP contribution is 2.46. The van der Waals surface area contributed by atoms with E-state index < -0.39 is 17.3 Å². The Kier molecular flexibility index (Phi) is 6.80. The molecule has 0 bridgehead atoms. The summed E-state index contributed by atoms with van der Waals surface area (Å²) >= 11 is 0. The van der Waals surface area contributed by atoms with Crippen LogP contribution in [0.2, 0.25) is 0 Å². The van der Waals surface area contributed by atoms with Gasteiger partial charge in [0.15, 0.2) is 5.72 Å². The van der Waals surface area contributed by atoms with Crippen LogP contribution < -0.4 is 0 Å². The van der Waals surface area contributed by atoms with Gasteiger partial charge in [0, 0.05) is 36.1 Å². The third-order valence-electron chi connectivity index (χ3n) is 7.44. The monoisotopic (exact) mass is 513 g/mol. The molecule has 1 unspecified atom stereocenters. The van der Waals surface area contributed by atoms with Crippen molar-refractivity contribution >= 4 is 6.16 Å². The maximum Gasteiger partial charge on any atom is 0.507 e. The molecule has 7 heteroatoms. The van der Waals surface area contributed by atoms with Crippen LogP contribution in [-0.2, 0) is 11.3 Å². The average molecular weight is 514 g/mol. The summed E-state index contributed by atoms with van der Waals surface area (Å²) < 4.78 is 22.5. The van der Waals surface area contributed by atoms with E-state index in [9.17, 15) is 9.90 Å². The van der Waals surface area contributed by atoms with E-state index in [1.165, 1.54) is 6.07 Å². The number of nitrogens with zero attached hydrogens (tertiary/aromatic N) is 3. The highest BCUT2D eigenvalue weighted by Gasteiger charge is 2.53. The first kappa shape index (κ1) is 25.7. The summed E-state index contributed by atoms with van der Waals surface area (Å²) in [4.78, 5) is 13.8. The molecule has 1 aliphatic heterocycles. The topological polar surface area (TPSA) is 67.6 Å². The molecule has 0 radical (unpaired) electrons. The summed E-state index contributed by atoms with van der Waals surface area (Å²) in [5.41, 5.74) is 3.40.